The number of rotatable bonds is 4. The van der Waals surface area contributed by atoms with E-state index in [1.54, 1.807) is 24.3 Å². The van der Waals surface area contributed by atoms with Gasteiger partial charge in [0, 0.05) is 59.1 Å². The average Bonchev–Trinajstić information content (AvgIpc) is 2.48. The molecule has 0 amide bonds. The van der Waals surface area contributed by atoms with Crippen LogP contribution in [-0.2, 0) is 9.47 Å². The smallest absolute Gasteiger partial charge is 0.344 e. The Bertz CT molecular complexity index is 617. The fourth-order valence-electron chi connectivity index (χ4n) is 1.58. The maximum absolute atomic E-state index is 11.6. The van der Waals surface area contributed by atoms with E-state index in [1.165, 1.54) is 24.3 Å². The van der Waals surface area contributed by atoms with Crippen molar-refractivity contribution in [1.29, 1.82) is 0 Å². The predicted octanol–water partition coefficient (Wildman–Crippen LogP) is 1.31. The molecular weight excluding hydrogens is 322 g/mol. The Balaban J connectivity index is 0.00000242. The first kappa shape index (κ1) is 22.0. The monoisotopic (exact) mass is 334 g/mol. The number of aromatic hydroxyl groups is 2. The Morgan fingerprint density at radius 3 is 1.43 bits per heavy atom. The van der Waals surface area contributed by atoms with E-state index in [2.05, 4.69) is 0 Å². The Kier molecular flexibility index (Phi) is 10.2. The topological polar surface area (TPSA) is 93.1 Å². The van der Waals surface area contributed by atoms with Gasteiger partial charge >= 0.3 is 11.9 Å². The van der Waals surface area contributed by atoms with Gasteiger partial charge in [0.1, 0.15) is 22.6 Å². The van der Waals surface area contributed by atoms with Crippen LogP contribution in [0.3, 0.4) is 0 Å². The van der Waals surface area contributed by atoms with Gasteiger partial charge in [-0.15, -0.1) is 0 Å². The third kappa shape index (κ3) is 6.18. The summed E-state index contributed by atoms with van der Waals surface area (Å²) >= 11 is 0. The van der Waals surface area contributed by atoms with Gasteiger partial charge < -0.3 is 19.7 Å². The van der Waals surface area contributed by atoms with Crippen molar-refractivity contribution >= 4 is 71.1 Å². The van der Waals surface area contributed by atoms with Gasteiger partial charge in [-0.25, -0.2) is 9.59 Å². The number of esters is 2. The number of carbonyl (C=O) groups excluding carboxylic acids is 2. The third-order valence-electron chi connectivity index (χ3n) is 2.63. The minimum absolute atomic E-state index is 0. The number of benzene rings is 2. The van der Waals surface area contributed by atoms with Crippen LogP contribution in [0.1, 0.15) is 20.7 Å². The van der Waals surface area contributed by atoms with Crippen molar-refractivity contribution in [3.05, 3.63) is 59.7 Å². The summed E-state index contributed by atoms with van der Waals surface area (Å²) in [5.74, 6) is -2.10. The van der Waals surface area contributed by atoms with Gasteiger partial charge in [-0.05, 0) is 24.3 Å². The van der Waals surface area contributed by atoms with Gasteiger partial charge in [-0.2, -0.15) is 0 Å². The molecule has 0 unspecified atom stereocenters. The summed E-state index contributed by atoms with van der Waals surface area (Å²) in [7, 11) is 0. The van der Waals surface area contributed by atoms with Crippen LogP contribution in [-0.4, -0.2) is 88.1 Å². The summed E-state index contributed by atoms with van der Waals surface area (Å²) in [6, 6.07) is 11.7. The number of para-hydroxylation sites is 2. The van der Waals surface area contributed by atoms with E-state index in [-0.39, 0.29) is 81.7 Å². The second-order valence-corrected chi connectivity index (χ2v) is 4.02. The van der Waals surface area contributed by atoms with E-state index < -0.39 is 18.7 Å². The van der Waals surface area contributed by atoms with Crippen LogP contribution in [0.4, 0.5) is 0 Å². The summed E-state index contributed by atoms with van der Waals surface area (Å²) in [5.41, 5.74) is -0.0628. The maximum Gasteiger partial charge on any atom is 0.344 e. The van der Waals surface area contributed by atoms with Crippen molar-refractivity contribution < 1.29 is 29.3 Å². The van der Waals surface area contributed by atoms with Crippen molar-refractivity contribution in [2.45, 2.75) is 0 Å². The first-order valence-electron chi connectivity index (χ1n) is 6.00. The summed E-state index contributed by atoms with van der Waals surface area (Å²) in [4.78, 5) is 23.3. The summed E-state index contributed by atoms with van der Waals surface area (Å²) in [6.45, 7) is -0.625. The fourth-order valence-corrected chi connectivity index (χ4v) is 1.58. The average molecular weight is 334 g/mol. The Morgan fingerprint density at radius 2 is 1.09 bits per heavy atom. The molecule has 0 bridgehead atoms. The van der Waals surface area contributed by atoms with Crippen molar-refractivity contribution in [3.63, 3.8) is 0 Å². The molecule has 0 aliphatic rings. The molecule has 0 saturated heterocycles. The van der Waals surface area contributed by atoms with Gasteiger partial charge in [0.25, 0.3) is 0 Å². The molecule has 23 heavy (non-hydrogen) atoms. The Hall–Kier alpha value is -1.02. The van der Waals surface area contributed by atoms with E-state index in [0.717, 1.165) is 0 Å². The van der Waals surface area contributed by atoms with E-state index in [0.29, 0.717) is 0 Å². The zero-order valence-corrected chi connectivity index (χ0v) is 16.9. The quantitative estimate of drug-likeness (QED) is 0.497. The molecule has 0 aliphatic heterocycles. The van der Waals surface area contributed by atoms with Crippen LogP contribution in [0.25, 0.3) is 0 Å². The third-order valence-corrected chi connectivity index (χ3v) is 2.63. The first-order chi connectivity index (χ1) is 10.1. The van der Waals surface area contributed by atoms with Crippen LogP contribution >= 0.6 is 0 Å². The van der Waals surface area contributed by atoms with Crippen LogP contribution < -0.4 is 0 Å². The number of hydrogen-bond donors (Lipinski definition) is 2. The first-order valence-corrected chi connectivity index (χ1v) is 6.00. The molecule has 2 aromatic rings. The van der Waals surface area contributed by atoms with Crippen molar-refractivity contribution in [2.75, 3.05) is 6.79 Å². The van der Waals surface area contributed by atoms with Gasteiger partial charge in [0.2, 0.25) is 6.79 Å². The molecule has 110 valence electrons. The Labute approximate surface area is 177 Å². The van der Waals surface area contributed by atoms with E-state index >= 15 is 0 Å². The minimum atomic E-state index is -0.821. The molecule has 6 nitrogen and oxygen atoms in total. The molecule has 0 aliphatic carbocycles. The van der Waals surface area contributed by atoms with Crippen molar-refractivity contribution in [1.82, 2.24) is 0 Å². The SMILES string of the molecule is O=C(OCOC(=O)c1ccccc1O)c1ccccc1O.[Na].[Na]. The fraction of sp³-hybridized carbons (Fsp3) is 0.0667. The standard InChI is InChI=1S/C15H12O6.2Na/c16-12-7-3-1-5-10(12)14(18)20-9-21-15(19)11-6-2-4-8-13(11)17;;/h1-8,16-17H,9H2;;. The molecule has 0 atom stereocenters. The van der Waals surface area contributed by atoms with Gasteiger partial charge in [-0.3, -0.25) is 0 Å². The summed E-state index contributed by atoms with van der Waals surface area (Å²) in [5, 5.41) is 18.9. The molecule has 2 rings (SSSR count). The molecule has 8 heteroatoms. The molecule has 2 aromatic carbocycles. The zero-order valence-electron chi connectivity index (χ0n) is 12.9. The number of phenolic OH excluding ortho intramolecular Hbond substituents is 2. The summed E-state index contributed by atoms with van der Waals surface area (Å²) in [6.07, 6.45) is 0. The van der Waals surface area contributed by atoms with Gasteiger partial charge in [0.15, 0.2) is 0 Å². The number of phenols is 2. The maximum atomic E-state index is 11.6. The Morgan fingerprint density at radius 1 is 0.739 bits per heavy atom. The second kappa shape index (κ2) is 10.7. The van der Waals surface area contributed by atoms with E-state index in [9.17, 15) is 19.8 Å². The van der Waals surface area contributed by atoms with Gasteiger partial charge in [-0.1, -0.05) is 24.3 Å². The van der Waals surface area contributed by atoms with Gasteiger partial charge in [0.05, 0.1) is 0 Å². The number of carbonyl (C=O) groups is 2. The summed E-state index contributed by atoms with van der Waals surface area (Å²) < 4.78 is 9.43. The molecule has 0 fully saturated rings. The zero-order chi connectivity index (χ0) is 15.2. The normalized spacial score (nSPS) is 9.04. The van der Waals surface area contributed by atoms with E-state index in [1.807, 2.05) is 0 Å². The molecule has 0 heterocycles. The van der Waals surface area contributed by atoms with Crippen LogP contribution in [0.15, 0.2) is 48.5 Å². The molecule has 2 N–H and O–H groups in total. The van der Waals surface area contributed by atoms with Crippen LogP contribution in [0.2, 0.25) is 0 Å². The molecular formula is C15H12Na2O6. The molecule has 0 saturated carbocycles. The minimum Gasteiger partial charge on any atom is -0.507 e. The van der Waals surface area contributed by atoms with Crippen LogP contribution in [0.5, 0.6) is 11.5 Å². The largest absolute Gasteiger partial charge is 0.507 e. The predicted molar refractivity (Wildman–Crippen MR) is 83.4 cm³/mol. The molecule has 2 radical (unpaired) electrons. The van der Waals surface area contributed by atoms with Crippen molar-refractivity contribution in [3.8, 4) is 11.5 Å². The van der Waals surface area contributed by atoms with Crippen LogP contribution in [0, 0.1) is 0 Å². The number of hydrogen-bond acceptors (Lipinski definition) is 6. The van der Waals surface area contributed by atoms with E-state index in [4.69, 9.17) is 9.47 Å². The second-order valence-electron chi connectivity index (χ2n) is 4.02. The number of ether oxygens (including phenoxy) is 2. The molecule has 0 spiro atoms. The van der Waals surface area contributed by atoms with Crippen molar-refractivity contribution in [2.24, 2.45) is 0 Å². The molecule has 0 aromatic heterocycles.